The number of hydrogen-bond acceptors (Lipinski definition) is 6. The van der Waals surface area contributed by atoms with Crippen LogP contribution < -0.4 is 0 Å². The van der Waals surface area contributed by atoms with Crippen LogP contribution in [0.3, 0.4) is 0 Å². The van der Waals surface area contributed by atoms with E-state index in [1.807, 2.05) is 0 Å². The molecule has 140 valence electrons. The van der Waals surface area contributed by atoms with Gasteiger partial charge in [0, 0.05) is 0 Å². The van der Waals surface area contributed by atoms with E-state index in [2.05, 4.69) is 13.7 Å². The van der Waals surface area contributed by atoms with E-state index in [0.29, 0.717) is 13.8 Å². The number of rotatable bonds is 4. The lowest BCUT2D eigenvalue weighted by atomic mass is 9.90. The van der Waals surface area contributed by atoms with E-state index in [-0.39, 0.29) is 6.61 Å². The van der Waals surface area contributed by atoms with Gasteiger partial charge in [0.25, 0.3) is 0 Å². The molecule has 0 aromatic rings. The first kappa shape index (κ1) is 20.4. The molecule has 1 aliphatic heterocycles. The van der Waals surface area contributed by atoms with Crippen LogP contribution in [0.4, 0.5) is 26.3 Å². The Hall–Kier alpha value is -1.66. The molecule has 13 heteroatoms. The van der Waals surface area contributed by atoms with E-state index in [1.54, 1.807) is 0 Å². The Bertz CT molecular complexity index is 649. The van der Waals surface area contributed by atoms with Crippen molar-refractivity contribution in [3.8, 4) is 0 Å². The van der Waals surface area contributed by atoms with Crippen molar-refractivity contribution in [2.24, 2.45) is 5.92 Å². The molecule has 0 amide bonds. The third-order valence-electron chi connectivity index (χ3n) is 3.26. The third kappa shape index (κ3) is 3.39. The monoisotopic (exact) mass is 386 g/mol. The van der Waals surface area contributed by atoms with Gasteiger partial charge in [-0.1, -0.05) is 6.92 Å². The highest BCUT2D eigenvalue weighted by atomic mass is 32.2. The van der Waals surface area contributed by atoms with Crippen molar-refractivity contribution in [3.05, 3.63) is 11.5 Å². The van der Waals surface area contributed by atoms with Crippen LogP contribution in [0.5, 0.6) is 0 Å². The molecule has 0 saturated carbocycles. The molecular formula is C11H12F6O6S. The van der Waals surface area contributed by atoms with Crippen molar-refractivity contribution in [3.63, 3.8) is 0 Å². The highest BCUT2D eigenvalue weighted by Crippen LogP contribution is 2.50. The molecule has 0 radical (unpaired) electrons. The van der Waals surface area contributed by atoms with Crippen molar-refractivity contribution in [2.75, 3.05) is 6.61 Å². The molecule has 1 rings (SSSR count). The number of esters is 1. The molecule has 6 nitrogen and oxygen atoms in total. The summed E-state index contributed by atoms with van der Waals surface area (Å²) in [6.45, 7) is 2.07. The topological polar surface area (TPSA) is 78.9 Å². The van der Waals surface area contributed by atoms with Gasteiger partial charge in [-0.05, 0) is 13.8 Å². The van der Waals surface area contributed by atoms with Gasteiger partial charge in [0.1, 0.15) is 0 Å². The van der Waals surface area contributed by atoms with Crippen LogP contribution in [0.2, 0.25) is 0 Å². The summed E-state index contributed by atoms with van der Waals surface area (Å²) in [4.78, 5) is 11.6. The second kappa shape index (κ2) is 6.01. The number of halogens is 6. The standard InChI is InChI=1S/C11H12F6O6S/c1-4-21-8(18)7-6(23-24(19,20)11(15,16)17)5(2)9(3,22-7)10(12,13)14/h5H,4H2,1-3H3. The van der Waals surface area contributed by atoms with E-state index < -0.39 is 50.8 Å². The van der Waals surface area contributed by atoms with Crippen LogP contribution in [0, 0.1) is 5.92 Å². The average Bonchev–Trinajstić information content (AvgIpc) is 2.63. The summed E-state index contributed by atoms with van der Waals surface area (Å²) in [5, 5.41) is 0. The number of carbonyl (C=O) groups is 1. The highest BCUT2D eigenvalue weighted by molar-refractivity contribution is 7.87. The molecule has 0 bridgehead atoms. The molecule has 1 heterocycles. The smallest absolute Gasteiger partial charge is 0.467 e. The van der Waals surface area contributed by atoms with Gasteiger partial charge in [-0.25, -0.2) is 4.79 Å². The molecule has 0 spiro atoms. The number of carbonyl (C=O) groups excluding carboxylic acids is 1. The summed E-state index contributed by atoms with van der Waals surface area (Å²) < 4.78 is 111. The van der Waals surface area contributed by atoms with Gasteiger partial charge in [-0.2, -0.15) is 34.8 Å². The fourth-order valence-electron chi connectivity index (χ4n) is 1.72. The molecule has 0 aliphatic carbocycles. The van der Waals surface area contributed by atoms with Crippen molar-refractivity contribution in [1.29, 1.82) is 0 Å². The fraction of sp³-hybridized carbons (Fsp3) is 0.727. The van der Waals surface area contributed by atoms with Gasteiger partial charge in [-0.15, -0.1) is 0 Å². The van der Waals surface area contributed by atoms with Gasteiger partial charge in [0.05, 0.1) is 12.5 Å². The maximum atomic E-state index is 13.1. The van der Waals surface area contributed by atoms with Gasteiger partial charge < -0.3 is 13.7 Å². The summed E-state index contributed by atoms with van der Waals surface area (Å²) in [6, 6.07) is 0. The Morgan fingerprint density at radius 3 is 2.12 bits per heavy atom. The van der Waals surface area contributed by atoms with Crippen LogP contribution >= 0.6 is 0 Å². The van der Waals surface area contributed by atoms with E-state index >= 15 is 0 Å². The van der Waals surface area contributed by atoms with Crippen molar-refractivity contribution >= 4 is 16.1 Å². The number of ether oxygens (including phenoxy) is 2. The first-order chi connectivity index (χ1) is 10.6. The van der Waals surface area contributed by atoms with E-state index in [9.17, 15) is 39.6 Å². The molecule has 2 atom stereocenters. The Labute approximate surface area is 132 Å². The lowest BCUT2D eigenvalue weighted by Gasteiger charge is -2.31. The Morgan fingerprint density at radius 2 is 1.75 bits per heavy atom. The number of alkyl halides is 6. The first-order valence-electron chi connectivity index (χ1n) is 6.26. The first-order valence-corrected chi connectivity index (χ1v) is 7.67. The Balaban J connectivity index is 3.42. The Kier molecular flexibility index (Phi) is 5.10. The molecule has 0 aromatic carbocycles. The lowest BCUT2D eigenvalue weighted by molar-refractivity contribution is -0.263. The average molecular weight is 386 g/mol. The number of hydrogen-bond donors (Lipinski definition) is 0. The maximum absolute atomic E-state index is 13.1. The zero-order valence-electron chi connectivity index (χ0n) is 12.4. The van der Waals surface area contributed by atoms with Crippen molar-refractivity contribution in [2.45, 2.75) is 38.1 Å². The van der Waals surface area contributed by atoms with E-state index in [1.165, 1.54) is 6.92 Å². The second-order valence-corrected chi connectivity index (χ2v) is 6.36. The lowest BCUT2D eigenvalue weighted by Crippen LogP contribution is -2.47. The maximum Gasteiger partial charge on any atom is 0.534 e. The molecule has 0 aromatic heterocycles. The van der Waals surface area contributed by atoms with Crippen molar-refractivity contribution in [1.82, 2.24) is 0 Å². The molecule has 24 heavy (non-hydrogen) atoms. The minimum absolute atomic E-state index is 0.345. The van der Waals surface area contributed by atoms with Gasteiger partial charge in [-0.3, -0.25) is 0 Å². The zero-order chi connectivity index (χ0) is 19.1. The normalized spacial score (nSPS) is 25.5. The molecule has 0 fully saturated rings. The summed E-state index contributed by atoms with van der Waals surface area (Å²) in [5.74, 6) is -6.44. The Morgan fingerprint density at radius 1 is 1.25 bits per heavy atom. The second-order valence-electron chi connectivity index (χ2n) is 4.83. The minimum atomic E-state index is -6.30. The molecular weight excluding hydrogens is 374 g/mol. The summed E-state index contributed by atoms with van der Waals surface area (Å²) in [7, 11) is -6.30. The molecule has 0 N–H and O–H groups in total. The van der Waals surface area contributed by atoms with Crippen molar-refractivity contribution < 1.29 is 53.2 Å². The molecule has 0 saturated heterocycles. The fourth-order valence-corrected chi connectivity index (χ4v) is 2.27. The highest BCUT2D eigenvalue weighted by Gasteiger charge is 2.65. The summed E-state index contributed by atoms with van der Waals surface area (Å²) in [5.41, 5.74) is -9.08. The minimum Gasteiger partial charge on any atom is -0.467 e. The molecule has 1 aliphatic rings. The van der Waals surface area contributed by atoms with E-state index in [0.717, 1.165) is 0 Å². The van der Waals surface area contributed by atoms with Crippen LogP contribution in [0.15, 0.2) is 11.5 Å². The summed E-state index contributed by atoms with van der Waals surface area (Å²) >= 11 is 0. The van der Waals surface area contributed by atoms with Crippen LogP contribution in [-0.2, 0) is 28.6 Å². The van der Waals surface area contributed by atoms with Crippen LogP contribution in [0.25, 0.3) is 0 Å². The predicted molar refractivity (Wildman–Crippen MR) is 64.4 cm³/mol. The van der Waals surface area contributed by atoms with Crippen LogP contribution in [-0.4, -0.2) is 38.3 Å². The molecule has 2 unspecified atom stereocenters. The predicted octanol–water partition coefficient (Wildman–Crippen LogP) is 2.61. The SMILES string of the molecule is CCOC(=O)C1=C(OS(=O)(=O)C(F)(F)F)C(C)C(C)(C(F)(F)F)O1. The van der Waals surface area contributed by atoms with Crippen LogP contribution in [0.1, 0.15) is 20.8 Å². The zero-order valence-corrected chi connectivity index (χ0v) is 13.2. The summed E-state index contributed by atoms with van der Waals surface area (Å²) in [6.07, 6.45) is -5.14. The van der Waals surface area contributed by atoms with Gasteiger partial charge in [0.15, 0.2) is 5.76 Å². The quantitative estimate of drug-likeness (QED) is 0.320. The van der Waals surface area contributed by atoms with Gasteiger partial charge >= 0.3 is 27.8 Å². The van der Waals surface area contributed by atoms with E-state index in [4.69, 9.17) is 0 Å². The largest absolute Gasteiger partial charge is 0.534 e. The van der Waals surface area contributed by atoms with Gasteiger partial charge in [0.2, 0.25) is 11.4 Å². The third-order valence-corrected chi connectivity index (χ3v) is 4.23.